The lowest BCUT2D eigenvalue weighted by Crippen LogP contribution is -2.69. The Morgan fingerprint density at radius 2 is 1.20 bits per heavy atom. The van der Waals surface area contributed by atoms with Gasteiger partial charge in [0.05, 0.1) is 32.1 Å². The van der Waals surface area contributed by atoms with E-state index in [-0.39, 0.29) is 34.6 Å². The van der Waals surface area contributed by atoms with Gasteiger partial charge in [0.2, 0.25) is 8.32 Å². The second kappa shape index (κ2) is 17.9. The van der Waals surface area contributed by atoms with E-state index in [9.17, 15) is 9.59 Å². The highest BCUT2D eigenvalue weighted by Gasteiger charge is 2.61. The molecule has 0 saturated heterocycles. The van der Waals surface area contributed by atoms with E-state index >= 15 is 0 Å². The van der Waals surface area contributed by atoms with E-state index in [0.29, 0.717) is 13.1 Å². The Labute approximate surface area is 318 Å². The zero-order chi connectivity index (χ0) is 40.8. The molecule has 8 nitrogen and oxygen atoms in total. The minimum absolute atomic E-state index is 0.0873. The van der Waals surface area contributed by atoms with E-state index in [1.165, 1.54) is 0 Å². The van der Waals surface area contributed by atoms with Crippen LogP contribution >= 0.6 is 0 Å². The summed E-state index contributed by atoms with van der Waals surface area (Å²) >= 11 is 0. The fraction of sp³-hybridized carbons (Fsp3) is 0.795. The lowest BCUT2D eigenvalue weighted by molar-refractivity contribution is -0.146. The number of allylic oxidation sites excluding steroid dienone is 3. The van der Waals surface area contributed by atoms with Crippen LogP contribution in [0.4, 0.5) is 0 Å². The molecule has 0 radical (unpaired) electrons. The third-order valence-corrected chi connectivity index (χ3v) is 27.1. The molecular weight excluding hydrogens is 707 g/mol. The first-order chi connectivity index (χ1) is 22.6. The molecule has 0 rings (SSSR count). The first-order valence-electron chi connectivity index (χ1n) is 18.8. The molecule has 2 atom stereocenters. The van der Waals surface area contributed by atoms with Crippen LogP contribution in [0, 0.1) is 0 Å². The van der Waals surface area contributed by atoms with Crippen molar-refractivity contribution in [3.8, 4) is 0 Å². The molecule has 0 spiro atoms. The van der Waals surface area contributed by atoms with E-state index in [1.807, 2.05) is 19.9 Å². The van der Waals surface area contributed by atoms with Gasteiger partial charge < -0.3 is 27.7 Å². The van der Waals surface area contributed by atoms with Gasteiger partial charge in [0.1, 0.15) is 5.57 Å². The lowest BCUT2D eigenvalue weighted by atomic mass is 9.94. The van der Waals surface area contributed by atoms with E-state index in [1.54, 1.807) is 19.9 Å². The molecule has 0 aromatic rings. The molecule has 0 aliphatic heterocycles. The van der Waals surface area contributed by atoms with Gasteiger partial charge >= 0.3 is 11.9 Å². The van der Waals surface area contributed by atoms with Gasteiger partial charge in [0.25, 0.3) is 0 Å². The van der Waals surface area contributed by atoms with Gasteiger partial charge in [-0.1, -0.05) is 46.5 Å². The summed E-state index contributed by atoms with van der Waals surface area (Å²) in [5, 5.41) is -0.984. The van der Waals surface area contributed by atoms with E-state index < -0.39 is 55.8 Å². The van der Waals surface area contributed by atoms with Crippen LogP contribution in [0.3, 0.4) is 0 Å². The molecule has 12 heteroatoms. The van der Waals surface area contributed by atoms with Crippen molar-refractivity contribution < 1.29 is 32.3 Å². The standard InChI is InChI=1S/C39H79NO7Si4/c1-24-27-40(32(6)30(4)28-33(34(41)43-25-2)35(42)44-26-3)29-31(5)51(23,39(13,14)46-49(18,19)20)45-36(7,8)37(9,10)50(21,22)47-38(11,12)48(15,16)17/h24,28,31H,1,25-27,29H2,2-23H3/b32-30+. The molecule has 51 heavy (non-hydrogen) atoms. The fourth-order valence-corrected chi connectivity index (χ4v) is 18.1. The summed E-state index contributed by atoms with van der Waals surface area (Å²) < 4.78 is 32.5. The SMILES string of the molecule is C=CCN(CC(C)[Si](C)(OC(C)(C)C(C)(C)[Si](C)(C)OC(C)(C)[Si](C)(C)C)C(C)(C)O[Si](C)(C)C)/C(C)=C(\C)C=C(C(=O)OCC)C(=O)OCC. The molecule has 0 aliphatic rings. The number of hydrogen-bond acceptors (Lipinski definition) is 8. The topological polar surface area (TPSA) is 83.5 Å². The van der Waals surface area contributed by atoms with E-state index in [4.69, 9.17) is 22.8 Å². The average molecular weight is 786 g/mol. The highest BCUT2D eigenvalue weighted by molar-refractivity contribution is 6.82. The summed E-state index contributed by atoms with van der Waals surface area (Å²) in [5.74, 6) is -1.39. The summed E-state index contributed by atoms with van der Waals surface area (Å²) in [4.78, 5) is 27.8. The van der Waals surface area contributed by atoms with Crippen molar-refractivity contribution in [1.82, 2.24) is 4.90 Å². The summed E-state index contributed by atoms with van der Waals surface area (Å²) in [6, 6.07) is 0. The number of nitrogens with zero attached hydrogens (tertiary/aromatic N) is 1. The van der Waals surface area contributed by atoms with Crippen LogP contribution in [-0.4, -0.2) is 92.2 Å². The van der Waals surface area contributed by atoms with Gasteiger partial charge in [-0.3, -0.25) is 0 Å². The highest BCUT2D eigenvalue weighted by Crippen LogP contribution is 2.54. The van der Waals surface area contributed by atoms with Gasteiger partial charge in [-0.2, -0.15) is 0 Å². The van der Waals surface area contributed by atoms with E-state index in [0.717, 1.165) is 11.3 Å². The molecule has 298 valence electrons. The van der Waals surface area contributed by atoms with Crippen molar-refractivity contribution in [3.05, 3.63) is 35.6 Å². The number of ether oxygens (including phenoxy) is 2. The number of rotatable bonds is 21. The first kappa shape index (κ1) is 49.7. The molecule has 0 bridgehead atoms. The Morgan fingerprint density at radius 1 is 0.745 bits per heavy atom. The monoisotopic (exact) mass is 785 g/mol. The summed E-state index contributed by atoms with van der Waals surface area (Å²) in [7, 11) is -8.87. The number of hydrogen-bond donors (Lipinski definition) is 0. The molecule has 0 aromatic heterocycles. The highest BCUT2D eigenvalue weighted by atomic mass is 28.4. The van der Waals surface area contributed by atoms with Crippen molar-refractivity contribution in [2.45, 2.75) is 176 Å². The molecule has 0 aliphatic carbocycles. The van der Waals surface area contributed by atoms with Crippen molar-refractivity contribution in [3.63, 3.8) is 0 Å². The third kappa shape index (κ3) is 12.6. The van der Waals surface area contributed by atoms with Crippen LogP contribution in [0.2, 0.25) is 69.5 Å². The maximum atomic E-state index is 12.8. The largest absolute Gasteiger partial charge is 0.462 e. The van der Waals surface area contributed by atoms with Gasteiger partial charge in [-0.15, -0.1) is 6.58 Å². The van der Waals surface area contributed by atoms with Crippen LogP contribution < -0.4 is 0 Å². The Hall–Kier alpha value is -1.29. The molecule has 0 amide bonds. The normalized spacial score (nSPS) is 16.0. The van der Waals surface area contributed by atoms with Crippen LogP contribution in [0.5, 0.6) is 0 Å². The van der Waals surface area contributed by atoms with Crippen molar-refractivity contribution in [2.75, 3.05) is 26.3 Å². The molecule has 0 heterocycles. The van der Waals surface area contributed by atoms with Crippen LogP contribution in [0.1, 0.15) is 90.0 Å². The Balaban J connectivity index is 7.30. The predicted octanol–water partition coefficient (Wildman–Crippen LogP) is 10.4. The minimum Gasteiger partial charge on any atom is -0.462 e. The number of carbonyl (C=O) groups excluding carboxylic acids is 2. The summed E-state index contributed by atoms with van der Waals surface area (Å²) in [6.45, 7) is 54.3. The summed E-state index contributed by atoms with van der Waals surface area (Å²) in [5.41, 5.74) is 1.10. The first-order valence-corrected chi connectivity index (χ1v) is 31.1. The molecule has 0 fully saturated rings. The predicted molar refractivity (Wildman–Crippen MR) is 226 cm³/mol. The Morgan fingerprint density at radius 3 is 1.57 bits per heavy atom. The average Bonchev–Trinajstić information content (AvgIpc) is 2.92. The van der Waals surface area contributed by atoms with Gasteiger partial charge in [-0.05, 0) is 126 Å². The quantitative estimate of drug-likeness (QED) is 0.0216. The zero-order valence-electron chi connectivity index (χ0n) is 37.1. The Bertz CT molecular complexity index is 1250. The van der Waals surface area contributed by atoms with Crippen LogP contribution in [0.15, 0.2) is 35.6 Å². The van der Waals surface area contributed by atoms with Gasteiger partial charge in [-0.25, -0.2) is 9.59 Å². The maximum Gasteiger partial charge on any atom is 0.345 e. The van der Waals surface area contributed by atoms with Crippen LogP contribution in [0.25, 0.3) is 0 Å². The smallest absolute Gasteiger partial charge is 0.345 e. The third-order valence-electron chi connectivity index (χ3n) is 11.7. The molecule has 2 unspecified atom stereocenters. The second-order valence-electron chi connectivity index (χ2n) is 18.8. The fourth-order valence-electron chi connectivity index (χ4n) is 6.18. The van der Waals surface area contributed by atoms with E-state index in [2.05, 4.69) is 133 Å². The summed E-state index contributed by atoms with van der Waals surface area (Å²) in [6.07, 6.45) is 3.46. The molecule has 0 saturated carbocycles. The zero-order valence-corrected chi connectivity index (χ0v) is 41.1. The number of esters is 2. The minimum atomic E-state index is -2.85. The number of carbonyl (C=O) groups is 2. The molecule has 0 N–H and O–H groups in total. The Kier molecular flexibility index (Phi) is 17.4. The maximum absolute atomic E-state index is 12.8. The van der Waals surface area contributed by atoms with Gasteiger partial charge in [0, 0.05) is 29.0 Å². The molecule has 0 aromatic carbocycles. The van der Waals surface area contributed by atoms with Crippen molar-refractivity contribution in [2.24, 2.45) is 0 Å². The van der Waals surface area contributed by atoms with Crippen molar-refractivity contribution >= 4 is 45.0 Å². The molecular formula is C39H79NO7Si4. The second-order valence-corrected chi connectivity index (χ2v) is 38.0. The van der Waals surface area contributed by atoms with Crippen LogP contribution in [-0.2, 0) is 32.3 Å². The van der Waals surface area contributed by atoms with Gasteiger partial charge in [0.15, 0.2) is 16.6 Å². The van der Waals surface area contributed by atoms with Crippen molar-refractivity contribution in [1.29, 1.82) is 0 Å². The lowest BCUT2D eigenvalue weighted by Gasteiger charge is -2.59.